The molecule has 2 aliphatic rings. The van der Waals surface area contributed by atoms with E-state index in [4.69, 9.17) is 0 Å². The molecule has 0 radical (unpaired) electrons. The number of carbonyl (C=O) groups excluding carboxylic acids is 7. The van der Waals surface area contributed by atoms with Gasteiger partial charge in [0.05, 0.1) is 19.6 Å². The van der Waals surface area contributed by atoms with Crippen LogP contribution in [0.1, 0.15) is 95.5 Å². The molecule has 262 valence electrons. The summed E-state index contributed by atoms with van der Waals surface area (Å²) in [5.74, 6) is -2.66. The minimum Gasteiger partial charge on any atom is -0.347 e. The molecule has 0 saturated heterocycles. The van der Waals surface area contributed by atoms with E-state index in [2.05, 4.69) is 21.3 Å². The largest absolute Gasteiger partial charge is 0.347 e. The van der Waals surface area contributed by atoms with Gasteiger partial charge >= 0.3 is 0 Å². The highest BCUT2D eigenvalue weighted by molar-refractivity contribution is 6.12. The molecule has 1 heterocycles. The number of hydrogen-bond donors (Lipinski definition) is 4. The standard InChI is InChI=1S/C36H51N5O7/c42-30(28-17-11-5-3-1-2-4-6-12-18-28)24-39-36(48)29(23-27-15-9-7-10-16-27)40-33(45)26-38-32(44)25-37-31(43)19-13-8-14-22-41-34(46)20-21-35(41)47/h7,9-10,15-16,20-21,28-29H,1-6,8,11-14,17-19,22-26H2,(H,37,43)(H,38,44)(H,39,48)(H,40,45)/t29-/m0/s1. The SMILES string of the molecule is O=C(CCCCCN1C(=O)C=CC1=O)NCC(=O)NCC(=O)N[C@@H](Cc1ccccc1)C(=O)NCC(=O)C1CCCCCCCCCC1. The van der Waals surface area contributed by atoms with Gasteiger partial charge in [0.15, 0.2) is 5.78 Å². The van der Waals surface area contributed by atoms with Crippen molar-refractivity contribution in [3.63, 3.8) is 0 Å². The lowest BCUT2D eigenvalue weighted by molar-refractivity contribution is -0.137. The number of Topliss-reactive ketones (excluding diaryl/α,β-unsaturated/α-hetero) is 1. The van der Waals surface area contributed by atoms with Crippen LogP contribution in [-0.4, -0.2) is 78.3 Å². The van der Waals surface area contributed by atoms with E-state index in [0.717, 1.165) is 49.0 Å². The Morgan fingerprint density at radius 2 is 1.25 bits per heavy atom. The number of hydrogen-bond acceptors (Lipinski definition) is 7. The van der Waals surface area contributed by atoms with Crippen molar-refractivity contribution in [3.05, 3.63) is 48.0 Å². The normalized spacial score (nSPS) is 16.5. The van der Waals surface area contributed by atoms with Crippen molar-refractivity contribution in [2.45, 2.75) is 102 Å². The third kappa shape index (κ3) is 14.6. The van der Waals surface area contributed by atoms with Crippen molar-refractivity contribution < 1.29 is 33.6 Å². The number of nitrogens with one attached hydrogen (secondary N) is 4. The van der Waals surface area contributed by atoms with E-state index in [1.54, 1.807) is 0 Å². The Hall–Kier alpha value is -4.35. The van der Waals surface area contributed by atoms with Crippen LogP contribution in [-0.2, 0) is 40.0 Å². The molecule has 1 aliphatic heterocycles. The highest BCUT2D eigenvalue weighted by atomic mass is 16.2. The molecule has 12 heteroatoms. The number of carbonyl (C=O) groups is 7. The lowest BCUT2D eigenvalue weighted by atomic mass is 9.91. The molecule has 1 aromatic carbocycles. The fourth-order valence-corrected chi connectivity index (χ4v) is 5.95. The van der Waals surface area contributed by atoms with Gasteiger partial charge in [-0.25, -0.2) is 0 Å². The molecule has 1 atom stereocenters. The Morgan fingerprint density at radius 1 is 0.667 bits per heavy atom. The predicted octanol–water partition coefficient (Wildman–Crippen LogP) is 2.65. The molecule has 0 spiro atoms. The van der Waals surface area contributed by atoms with Crippen molar-refractivity contribution in [1.82, 2.24) is 26.2 Å². The quantitative estimate of drug-likeness (QED) is 0.146. The highest BCUT2D eigenvalue weighted by Gasteiger charge is 2.25. The van der Waals surface area contributed by atoms with E-state index >= 15 is 0 Å². The maximum atomic E-state index is 13.2. The van der Waals surface area contributed by atoms with Gasteiger partial charge in [-0.3, -0.25) is 38.5 Å². The van der Waals surface area contributed by atoms with Crippen LogP contribution in [0.4, 0.5) is 0 Å². The monoisotopic (exact) mass is 665 g/mol. The fourth-order valence-electron chi connectivity index (χ4n) is 5.95. The number of ketones is 1. The zero-order valence-corrected chi connectivity index (χ0v) is 27.9. The fraction of sp³-hybridized carbons (Fsp3) is 0.583. The number of unbranched alkanes of at least 4 members (excludes halogenated alkanes) is 2. The average Bonchev–Trinajstić information content (AvgIpc) is 3.37. The lowest BCUT2D eigenvalue weighted by Gasteiger charge is -2.20. The molecule has 1 aromatic rings. The second-order valence-corrected chi connectivity index (χ2v) is 12.6. The summed E-state index contributed by atoms with van der Waals surface area (Å²) in [4.78, 5) is 87.8. The van der Waals surface area contributed by atoms with Crippen molar-refractivity contribution >= 4 is 41.2 Å². The number of imide groups is 1. The van der Waals surface area contributed by atoms with Crippen LogP contribution >= 0.6 is 0 Å². The van der Waals surface area contributed by atoms with Crippen LogP contribution in [0.15, 0.2) is 42.5 Å². The summed E-state index contributed by atoms with van der Waals surface area (Å²) in [6, 6.07) is 8.26. The molecule has 6 amide bonds. The van der Waals surface area contributed by atoms with Gasteiger partial charge in [-0.2, -0.15) is 0 Å². The first kappa shape index (κ1) is 38.1. The molecule has 48 heavy (non-hydrogen) atoms. The van der Waals surface area contributed by atoms with Crippen LogP contribution < -0.4 is 21.3 Å². The predicted molar refractivity (Wildman–Crippen MR) is 180 cm³/mol. The number of rotatable bonds is 17. The third-order valence-corrected chi connectivity index (χ3v) is 8.76. The molecule has 0 unspecified atom stereocenters. The maximum absolute atomic E-state index is 13.2. The molecular formula is C36H51N5O7. The summed E-state index contributed by atoms with van der Waals surface area (Å²) >= 11 is 0. The Labute approximate surface area is 283 Å². The van der Waals surface area contributed by atoms with Crippen molar-refractivity contribution in [3.8, 4) is 0 Å². The van der Waals surface area contributed by atoms with Crippen LogP contribution in [0, 0.1) is 5.92 Å². The minimum absolute atomic E-state index is 0.0225. The summed E-state index contributed by atoms with van der Waals surface area (Å²) in [6.45, 7) is -0.498. The first-order chi connectivity index (χ1) is 23.2. The van der Waals surface area contributed by atoms with Crippen LogP contribution in [0.5, 0.6) is 0 Å². The Morgan fingerprint density at radius 3 is 1.90 bits per heavy atom. The van der Waals surface area contributed by atoms with Crippen LogP contribution in [0.3, 0.4) is 0 Å². The van der Waals surface area contributed by atoms with E-state index in [9.17, 15) is 33.6 Å². The second-order valence-electron chi connectivity index (χ2n) is 12.6. The second kappa shape index (κ2) is 21.5. The summed E-state index contributed by atoms with van der Waals surface area (Å²) in [5, 5.41) is 10.4. The van der Waals surface area contributed by atoms with Gasteiger partial charge in [-0.05, 0) is 31.2 Å². The summed E-state index contributed by atoms with van der Waals surface area (Å²) in [7, 11) is 0. The van der Waals surface area contributed by atoms with Gasteiger partial charge in [0.2, 0.25) is 23.6 Å². The molecule has 3 rings (SSSR count). The summed E-state index contributed by atoms with van der Waals surface area (Å²) in [6.07, 6.45) is 15.4. The third-order valence-electron chi connectivity index (χ3n) is 8.76. The first-order valence-corrected chi connectivity index (χ1v) is 17.4. The van der Waals surface area contributed by atoms with Gasteiger partial charge in [0, 0.05) is 37.5 Å². The Kier molecular flexibility index (Phi) is 17.1. The zero-order chi connectivity index (χ0) is 34.6. The summed E-state index contributed by atoms with van der Waals surface area (Å²) in [5.41, 5.74) is 0.828. The number of benzene rings is 1. The maximum Gasteiger partial charge on any atom is 0.253 e. The molecule has 1 saturated carbocycles. The number of nitrogens with zero attached hydrogens (tertiary/aromatic N) is 1. The van der Waals surface area contributed by atoms with Gasteiger partial charge in [0.25, 0.3) is 11.8 Å². The van der Waals surface area contributed by atoms with E-state index < -0.39 is 30.3 Å². The van der Waals surface area contributed by atoms with Gasteiger partial charge in [0.1, 0.15) is 6.04 Å². The van der Waals surface area contributed by atoms with E-state index in [1.165, 1.54) is 37.8 Å². The lowest BCUT2D eigenvalue weighted by Crippen LogP contribution is -2.52. The first-order valence-electron chi connectivity index (χ1n) is 17.4. The Bertz CT molecular complexity index is 1250. The van der Waals surface area contributed by atoms with Gasteiger partial charge < -0.3 is 21.3 Å². The minimum atomic E-state index is -0.949. The summed E-state index contributed by atoms with van der Waals surface area (Å²) < 4.78 is 0. The molecule has 4 N–H and O–H groups in total. The molecule has 1 fully saturated rings. The Balaban J connectivity index is 1.38. The van der Waals surface area contributed by atoms with Crippen LogP contribution in [0.25, 0.3) is 0 Å². The van der Waals surface area contributed by atoms with Gasteiger partial charge in [-0.1, -0.05) is 88.1 Å². The molecule has 0 aromatic heterocycles. The van der Waals surface area contributed by atoms with E-state index in [0.29, 0.717) is 25.8 Å². The smallest absolute Gasteiger partial charge is 0.253 e. The number of amides is 6. The van der Waals surface area contributed by atoms with Crippen molar-refractivity contribution in [1.29, 1.82) is 0 Å². The molecule has 1 aliphatic carbocycles. The van der Waals surface area contributed by atoms with Crippen LogP contribution in [0.2, 0.25) is 0 Å². The molecule has 0 bridgehead atoms. The van der Waals surface area contributed by atoms with E-state index in [-0.39, 0.29) is 55.4 Å². The van der Waals surface area contributed by atoms with Crippen molar-refractivity contribution in [2.24, 2.45) is 5.92 Å². The van der Waals surface area contributed by atoms with E-state index in [1.807, 2.05) is 30.3 Å². The molecular weight excluding hydrogens is 614 g/mol. The zero-order valence-electron chi connectivity index (χ0n) is 27.9. The van der Waals surface area contributed by atoms with Crippen molar-refractivity contribution in [2.75, 3.05) is 26.2 Å². The highest BCUT2D eigenvalue weighted by Crippen LogP contribution is 2.22. The average molecular weight is 666 g/mol. The topological polar surface area (TPSA) is 171 Å². The van der Waals surface area contributed by atoms with Gasteiger partial charge in [-0.15, -0.1) is 0 Å². The molecule has 12 nitrogen and oxygen atoms in total.